The molecule has 0 radical (unpaired) electrons. The lowest BCUT2D eigenvalue weighted by atomic mass is 10.0. The van der Waals surface area contributed by atoms with Crippen LogP contribution in [0.15, 0.2) is 18.3 Å². The number of aromatic nitrogens is 2. The number of nitrogens with zero attached hydrogens (tertiary/aromatic N) is 4. The molecule has 0 aromatic carbocycles. The maximum absolute atomic E-state index is 9.11. The van der Waals surface area contributed by atoms with E-state index in [1.165, 1.54) is 5.56 Å². The molecule has 0 aliphatic carbocycles. The fraction of sp³-hybridized carbons (Fsp3) is 0.312. The van der Waals surface area contributed by atoms with E-state index in [9.17, 15) is 0 Å². The summed E-state index contributed by atoms with van der Waals surface area (Å²) in [6.45, 7) is 4.85. The van der Waals surface area contributed by atoms with Gasteiger partial charge in [-0.25, -0.2) is 4.98 Å². The Morgan fingerprint density at radius 1 is 1.30 bits per heavy atom. The maximum Gasteiger partial charge on any atom is 0.131 e. The van der Waals surface area contributed by atoms with Crippen LogP contribution in [0.2, 0.25) is 0 Å². The number of anilines is 1. The minimum atomic E-state index is 0.669. The first kappa shape index (κ1) is 12.6. The van der Waals surface area contributed by atoms with Gasteiger partial charge in [-0.2, -0.15) is 5.26 Å². The second kappa shape index (κ2) is 4.61. The second-order valence-electron chi connectivity index (χ2n) is 5.27. The molecule has 3 heterocycles. The second-order valence-corrected chi connectivity index (χ2v) is 5.27. The van der Waals surface area contributed by atoms with Crippen molar-refractivity contribution < 1.29 is 0 Å². The highest BCUT2D eigenvalue weighted by Gasteiger charge is 2.18. The largest absolute Gasteiger partial charge is 0.359 e. The molecule has 4 heteroatoms. The molecule has 1 aliphatic rings. The first-order valence-corrected chi connectivity index (χ1v) is 6.69. The normalized spacial score (nSPS) is 13.2. The SMILES string of the molecule is Cc1cc(-c2cnc3c(c2)CCN3C)nc(C)c1C#N. The summed E-state index contributed by atoms with van der Waals surface area (Å²) >= 11 is 0. The van der Waals surface area contributed by atoms with Gasteiger partial charge in [0, 0.05) is 25.4 Å². The summed E-state index contributed by atoms with van der Waals surface area (Å²) in [7, 11) is 2.06. The summed E-state index contributed by atoms with van der Waals surface area (Å²) in [5, 5.41) is 9.11. The zero-order chi connectivity index (χ0) is 14.3. The van der Waals surface area contributed by atoms with E-state index in [1.54, 1.807) is 0 Å². The van der Waals surface area contributed by atoms with Crippen LogP contribution >= 0.6 is 0 Å². The van der Waals surface area contributed by atoms with Crippen molar-refractivity contribution in [3.05, 3.63) is 40.7 Å². The van der Waals surface area contributed by atoms with E-state index >= 15 is 0 Å². The highest BCUT2D eigenvalue weighted by Crippen LogP contribution is 2.29. The fourth-order valence-corrected chi connectivity index (χ4v) is 2.71. The molecule has 0 N–H and O–H groups in total. The molecule has 2 aromatic rings. The predicted octanol–water partition coefficient (Wildman–Crippen LogP) is 2.62. The van der Waals surface area contributed by atoms with Crippen LogP contribution in [0.5, 0.6) is 0 Å². The van der Waals surface area contributed by atoms with Crippen molar-refractivity contribution >= 4 is 5.82 Å². The average Bonchev–Trinajstić information content (AvgIpc) is 2.79. The molecular weight excluding hydrogens is 248 g/mol. The number of fused-ring (bicyclic) bond motifs is 1. The number of pyridine rings is 2. The van der Waals surface area contributed by atoms with Crippen molar-refractivity contribution in [2.24, 2.45) is 0 Å². The molecule has 0 unspecified atom stereocenters. The molecular formula is C16H16N4. The molecule has 0 atom stereocenters. The number of likely N-dealkylation sites (N-methyl/N-ethyl adjacent to an activating group) is 1. The third-order valence-electron chi connectivity index (χ3n) is 3.83. The van der Waals surface area contributed by atoms with E-state index in [1.807, 2.05) is 26.1 Å². The van der Waals surface area contributed by atoms with Crippen molar-refractivity contribution in [3.63, 3.8) is 0 Å². The Morgan fingerprint density at radius 3 is 2.80 bits per heavy atom. The van der Waals surface area contributed by atoms with Crippen LogP contribution in [0, 0.1) is 25.2 Å². The van der Waals surface area contributed by atoms with Crippen LogP contribution in [-0.4, -0.2) is 23.6 Å². The third-order valence-corrected chi connectivity index (χ3v) is 3.83. The van der Waals surface area contributed by atoms with Crippen LogP contribution in [0.1, 0.15) is 22.4 Å². The number of hydrogen-bond acceptors (Lipinski definition) is 4. The molecule has 2 aromatic heterocycles. The standard InChI is InChI=1S/C16H16N4/c1-10-6-15(19-11(2)14(10)8-17)13-7-12-4-5-20(3)16(12)18-9-13/h6-7,9H,4-5H2,1-3H3. The van der Waals surface area contributed by atoms with Gasteiger partial charge in [-0.3, -0.25) is 4.98 Å². The fourth-order valence-electron chi connectivity index (χ4n) is 2.71. The van der Waals surface area contributed by atoms with Gasteiger partial charge in [0.05, 0.1) is 17.0 Å². The van der Waals surface area contributed by atoms with E-state index < -0.39 is 0 Å². The minimum absolute atomic E-state index is 0.669. The lowest BCUT2D eigenvalue weighted by molar-refractivity contribution is 0.945. The molecule has 0 saturated heterocycles. The summed E-state index contributed by atoms with van der Waals surface area (Å²) in [6, 6.07) is 6.34. The Morgan fingerprint density at radius 2 is 2.10 bits per heavy atom. The Kier molecular flexibility index (Phi) is 2.90. The van der Waals surface area contributed by atoms with E-state index in [0.717, 1.165) is 41.3 Å². The Bertz CT molecular complexity index is 705. The molecule has 0 fully saturated rings. The van der Waals surface area contributed by atoms with Gasteiger partial charge in [-0.15, -0.1) is 0 Å². The summed E-state index contributed by atoms with van der Waals surface area (Å²) in [6.07, 6.45) is 2.90. The molecule has 0 amide bonds. The van der Waals surface area contributed by atoms with Gasteiger partial charge in [0.2, 0.25) is 0 Å². The van der Waals surface area contributed by atoms with Crippen molar-refractivity contribution in [2.75, 3.05) is 18.5 Å². The zero-order valence-corrected chi connectivity index (χ0v) is 11.9. The summed E-state index contributed by atoms with van der Waals surface area (Å²) in [5.74, 6) is 1.07. The highest BCUT2D eigenvalue weighted by molar-refractivity contribution is 5.66. The smallest absolute Gasteiger partial charge is 0.131 e. The molecule has 0 spiro atoms. The van der Waals surface area contributed by atoms with Crippen molar-refractivity contribution in [1.82, 2.24) is 9.97 Å². The quantitative estimate of drug-likeness (QED) is 0.794. The number of nitriles is 1. The lowest BCUT2D eigenvalue weighted by Gasteiger charge is -2.11. The first-order chi connectivity index (χ1) is 9.60. The average molecular weight is 264 g/mol. The van der Waals surface area contributed by atoms with Gasteiger partial charge in [0.1, 0.15) is 11.9 Å². The Balaban J connectivity index is 2.09. The van der Waals surface area contributed by atoms with Gasteiger partial charge in [0.25, 0.3) is 0 Å². The maximum atomic E-state index is 9.11. The van der Waals surface area contributed by atoms with Crippen LogP contribution in [0.4, 0.5) is 5.82 Å². The lowest BCUT2D eigenvalue weighted by Crippen LogP contribution is -2.13. The van der Waals surface area contributed by atoms with Gasteiger partial charge in [-0.05, 0) is 43.5 Å². The zero-order valence-electron chi connectivity index (χ0n) is 11.9. The van der Waals surface area contributed by atoms with Crippen molar-refractivity contribution in [2.45, 2.75) is 20.3 Å². The minimum Gasteiger partial charge on any atom is -0.359 e. The molecule has 0 bridgehead atoms. The van der Waals surface area contributed by atoms with Crippen LogP contribution < -0.4 is 4.90 Å². The number of aryl methyl sites for hydroxylation is 2. The van der Waals surface area contributed by atoms with Crippen LogP contribution in [0.3, 0.4) is 0 Å². The van der Waals surface area contributed by atoms with E-state index in [0.29, 0.717) is 5.56 Å². The van der Waals surface area contributed by atoms with Crippen LogP contribution in [0.25, 0.3) is 11.3 Å². The molecule has 3 rings (SSSR count). The van der Waals surface area contributed by atoms with E-state index in [2.05, 4.69) is 34.1 Å². The van der Waals surface area contributed by atoms with E-state index in [4.69, 9.17) is 5.26 Å². The first-order valence-electron chi connectivity index (χ1n) is 6.69. The Labute approximate surface area is 118 Å². The topological polar surface area (TPSA) is 52.8 Å². The molecule has 100 valence electrons. The van der Waals surface area contributed by atoms with Crippen molar-refractivity contribution in [3.8, 4) is 17.3 Å². The monoisotopic (exact) mass is 264 g/mol. The molecule has 20 heavy (non-hydrogen) atoms. The molecule has 1 aliphatic heterocycles. The number of hydrogen-bond donors (Lipinski definition) is 0. The highest BCUT2D eigenvalue weighted by atomic mass is 15.2. The summed E-state index contributed by atoms with van der Waals surface area (Å²) < 4.78 is 0. The van der Waals surface area contributed by atoms with E-state index in [-0.39, 0.29) is 0 Å². The third kappa shape index (κ3) is 1.92. The van der Waals surface area contributed by atoms with Crippen molar-refractivity contribution in [1.29, 1.82) is 5.26 Å². The van der Waals surface area contributed by atoms with Gasteiger partial charge in [-0.1, -0.05) is 0 Å². The Hall–Kier alpha value is -2.41. The van der Waals surface area contributed by atoms with Gasteiger partial charge >= 0.3 is 0 Å². The summed E-state index contributed by atoms with van der Waals surface area (Å²) in [5.41, 5.74) is 5.60. The number of rotatable bonds is 1. The van der Waals surface area contributed by atoms with Crippen LogP contribution in [-0.2, 0) is 6.42 Å². The van der Waals surface area contributed by atoms with Gasteiger partial charge < -0.3 is 4.90 Å². The summed E-state index contributed by atoms with van der Waals surface area (Å²) in [4.78, 5) is 11.3. The van der Waals surface area contributed by atoms with Gasteiger partial charge in [0.15, 0.2) is 0 Å². The molecule has 0 saturated carbocycles. The molecule has 4 nitrogen and oxygen atoms in total. The predicted molar refractivity (Wildman–Crippen MR) is 78.6 cm³/mol.